The summed E-state index contributed by atoms with van der Waals surface area (Å²) in [5, 5.41) is 9.57. The Labute approximate surface area is 122 Å². The first kappa shape index (κ1) is 14.5. The normalized spacial score (nSPS) is 10.6. The maximum absolute atomic E-state index is 10.8. The Morgan fingerprint density at radius 3 is 2.35 bits per heavy atom. The molecule has 1 heterocycles. The molecule has 2 rings (SSSR count). The first-order valence-electron chi connectivity index (χ1n) is 6.25. The van der Waals surface area contributed by atoms with Gasteiger partial charge in [-0.1, -0.05) is 29.8 Å². The molecule has 0 atom stereocenters. The fraction of sp³-hybridized carbons (Fsp3) is 0.267. The zero-order chi connectivity index (χ0) is 14.7. The molecule has 0 amide bonds. The summed E-state index contributed by atoms with van der Waals surface area (Å²) in [7, 11) is 0. The van der Waals surface area contributed by atoms with Crippen LogP contribution in [0.1, 0.15) is 28.3 Å². The quantitative estimate of drug-likeness (QED) is 0.940. The van der Waals surface area contributed by atoms with Crippen LogP contribution in [0.15, 0.2) is 24.3 Å². The van der Waals surface area contributed by atoms with Crippen LogP contribution in [0, 0.1) is 13.8 Å². The van der Waals surface area contributed by atoms with Gasteiger partial charge in [-0.25, -0.2) is 9.97 Å². The standard InChI is InChI=1S/C15H15ClN2O2/c1-9-12(8-15(19)20)10(2)18-14(17-9)7-11-5-3-4-6-13(11)16/h3-6H,7-8H2,1-2H3,(H,19,20). The number of rotatable bonds is 4. The summed E-state index contributed by atoms with van der Waals surface area (Å²) in [5.41, 5.74) is 3.06. The van der Waals surface area contributed by atoms with E-state index in [4.69, 9.17) is 16.7 Å². The summed E-state index contributed by atoms with van der Waals surface area (Å²) in [4.78, 5) is 19.6. The zero-order valence-corrected chi connectivity index (χ0v) is 12.1. The monoisotopic (exact) mass is 290 g/mol. The topological polar surface area (TPSA) is 63.1 Å². The molecule has 0 bridgehead atoms. The van der Waals surface area contributed by atoms with Crippen LogP contribution < -0.4 is 0 Å². The molecule has 104 valence electrons. The number of aromatic nitrogens is 2. The number of carboxylic acid groups (broad SMARTS) is 1. The zero-order valence-electron chi connectivity index (χ0n) is 11.4. The highest BCUT2D eigenvalue weighted by Gasteiger charge is 2.12. The highest BCUT2D eigenvalue weighted by molar-refractivity contribution is 6.31. The predicted octanol–water partition coefficient (Wildman–Crippen LogP) is 2.96. The molecule has 4 nitrogen and oxygen atoms in total. The third-order valence-corrected chi connectivity index (χ3v) is 3.47. The maximum atomic E-state index is 10.8. The summed E-state index contributed by atoms with van der Waals surface area (Å²) in [5.74, 6) is -0.221. The minimum Gasteiger partial charge on any atom is -0.481 e. The van der Waals surface area contributed by atoms with E-state index in [1.165, 1.54) is 0 Å². The number of hydrogen-bond donors (Lipinski definition) is 1. The highest BCUT2D eigenvalue weighted by atomic mass is 35.5. The van der Waals surface area contributed by atoms with Crippen LogP contribution >= 0.6 is 11.6 Å². The van der Waals surface area contributed by atoms with Gasteiger partial charge in [0.2, 0.25) is 0 Å². The Bertz CT molecular complexity index is 633. The van der Waals surface area contributed by atoms with Gasteiger partial charge in [0.25, 0.3) is 0 Å². The Hall–Kier alpha value is -1.94. The van der Waals surface area contributed by atoms with Crippen LogP contribution in [0.25, 0.3) is 0 Å². The lowest BCUT2D eigenvalue weighted by atomic mass is 10.1. The van der Waals surface area contributed by atoms with Gasteiger partial charge in [-0.15, -0.1) is 0 Å². The third-order valence-electron chi connectivity index (χ3n) is 3.10. The second-order valence-corrected chi connectivity index (χ2v) is 5.04. The van der Waals surface area contributed by atoms with E-state index < -0.39 is 5.97 Å². The predicted molar refractivity (Wildman–Crippen MR) is 77.1 cm³/mol. The molecule has 0 aliphatic carbocycles. The molecule has 1 N–H and O–H groups in total. The first-order valence-corrected chi connectivity index (χ1v) is 6.63. The lowest BCUT2D eigenvalue weighted by Crippen LogP contribution is -2.10. The molecule has 0 spiro atoms. The first-order chi connectivity index (χ1) is 9.47. The average Bonchev–Trinajstić information content (AvgIpc) is 2.36. The van der Waals surface area contributed by atoms with Crippen molar-refractivity contribution in [3.63, 3.8) is 0 Å². The van der Waals surface area contributed by atoms with E-state index in [0.717, 1.165) is 5.56 Å². The van der Waals surface area contributed by atoms with Crippen molar-refractivity contribution >= 4 is 17.6 Å². The number of hydrogen-bond acceptors (Lipinski definition) is 3. The molecular formula is C15H15ClN2O2. The van der Waals surface area contributed by atoms with Crippen molar-refractivity contribution in [1.82, 2.24) is 9.97 Å². The molecule has 2 aromatic rings. The van der Waals surface area contributed by atoms with Crippen LogP contribution in [-0.4, -0.2) is 21.0 Å². The summed E-state index contributed by atoms with van der Waals surface area (Å²) in [6, 6.07) is 7.55. The Morgan fingerprint density at radius 1 is 1.20 bits per heavy atom. The van der Waals surface area contributed by atoms with E-state index >= 15 is 0 Å². The second-order valence-electron chi connectivity index (χ2n) is 4.63. The molecular weight excluding hydrogens is 276 g/mol. The van der Waals surface area contributed by atoms with Crippen LogP contribution in [0.3, 0.4) is 0 Å². The molecule has 1 aromatic carbocycles. The number of aryl methyl sites for hydroxylation is 2. The van der Waals surface area contributed by atoms with Gasteiger partial charge < -0.3 is 5.11 Å². The molecule has 0 aliphatic rings. The Kier molecular flexibility index (Phi) is 4.35. The smallest absolute Gasteiger partial charge is 0.307 e. The van der Waals surface area contributed by atoms with Crippen LogP contribution in [0.4, 0.5) is 0 Å². The average molecular weight is 291 g/mol. The summed E-state index contributed by atoms with van der Waals surface area (Å²) in [6.45, 7) is 3.62. The molecule has 20 heavy (non-hydrogen) atoms. The summed E-state index contributed by atoms with van der Waals surface area (Å²) >= 11 is 6.12. The van der Waals surface area contributed by atoms with Crippen molar-refractivity contribution in [2.24, 2.45) is 0 Å². The fourth-order valence-corrected chi connectivity index (χ4v) is 2.31. The molecule has 1 aromatic heterocycles. The van der Waals surface area contributed by atoms with E-state index in [0.29, 0.717) is 34.2 Å². The van der Waals surface area contributed by atoms with Crippen molar-refractivity contribution in [3.8, 4) is 0 Å². The largest absolute Gasteiger partial charge is 0.481 e. The van der Waals surface area contributed by atoms with Crippen LogP contribution in [0.5, 0.6) is 0 Å². The molecule has 0 fully saturated rings. The van der Waals surface area contributed by atoms with Crippen molar-refractivity contribution in [2.45, 2.75) is 26.7 Å². The highest BCUT2D eigenvalue weighted by Crippen LogP contribution is 2.19. The Balaban J connectivity index is 2.31. The third kappa shape index (κ3) is 3.33. The van der Waals surface area contributed by atoms with Gasteiger partial charge in [0.1, 0.15) is 5.82 Å². The lowest BCUT2D eigenvalue weighted by Gasteiger charge is -2.10. The SMILES string of the molecule is Cc1nc(Cc2ccccc2Cl)nc(C)c1CC(=O)O. The molecule has 0 saturated heterocycles. The number of carbonyl (C=O) groups is 1. The number of carboxylic acids is 1. The van der Waals surface area contributed by atoms with Crippen molar-refractivity contribution in [1.29, 1.82) is 0 Å². The van der Waals surface area contributed by atoms with E-state index in [2.05, 4.69) is 9.97 Å². The van der Waals surface area contributed by atoms with E-state index in [1.54, 1.807) is 0 Å². The number of nitrogens with zero attached hydrogens (tertiary/aromatic N) is 2. The summed E-state index contributed by atoms with van der Waals surface area (Å²) < 4.78 is 0. The lowest BCUT2D eigenvalue weighted by molar-refractivity contribution is -0.136. The minimum atomic E-state index is -0.876. The van der Waals surface area contributed by atoms with Gasteiger partial charge >= 0.3 is 5.97 Å². The van der Waals surface area contributed by atoms with Gasteiger partial charge in [-0.05, 0) is 25.5 Å². The number of halogens is 1. The van der Waals surface area contributed by atoms with Crippen LogP contribution in [-0.2, 0) is 17.6 Å². The molecule has 0 unspecified atom stereocenters. The van der Waals surface area contributed by atoms with Gasteiger partial charge in [0.05, 0.1) is 6.42 Å². The second kappa shape index (κ2) is 6.01. The van der Waals surface area contributed by atoms with E-state index in [9.17, 15) is 4.79 Å². The maximum Gasteiger partial charge on any atom is 0.307 e. The molecule has 0 aliphatic heterocycles. The van der Waals surface area contributed by atoms with Crippen molar-refractivity contribution < 1.29 is 9.90 Å². The van der Waals surface area contributed by atoms with Crippen LogP contribution in [0.2, 0.25) is 5.02 Å². The number of benzene rings is 1. The van der Waals surface area contributed by atoms with Gasteiger partial charge in [0.15, 0.2) is 0 Å². The number of aliphatic carboxylic acids is 1. The molecule has 0 saturated carbocycles. The fourth-order valence-electron chi connectivity index (χ4n) is 2.11. The van der Waals surface area contributed by atoms with Crippen molar-refractivity contribution in [2.75, 3.05) is 0 Å². The summed E-state index contributed by atoms with van der Waals surface area (Å²) in [6.07, 6.45) is 0.485. The van der Waals surface area contributed by atoms with E-state index in [-0.39, 0.29) is 6.42 Å². The van der Waals surface area contributed by atoms with Gasteiger partial charge in [-0.2, -0.15) is 0 Å². The van der Waals surface area contributed by atoms with Crippen molar-refractivity contribution in [3.05, 3.63) is 57.6 Å². The minimum absolute atomic E-state index is 0.0515. The molecule has 5 heteroatoms. The van der Waals surface area contributed by atoms with Gasteiger partial charge in [0, 0.05) is 28.4 Å². The van der Waals surface area contributed by atoms with Gasteiger partial charge in [-0.3, -0.25) is 4.79 Å². The Morgan fingerprint density at radius 2 is 1.80 bits per heavy atom. The molecule has 0 radical (unpaired) electrons. The van der Waals surface area contributed by atoms with E-state index in [1.807, 2.05) is 38.1 Å².